The minimum Gasteiger partial charge on any atom is -0.342 e. The first-order chi connectivity index (χ1) is 8.18. The van der Waals surface area contributed by atoms with Crippen LogP contribution in [0.2, 0.25) is 0 Å². The summed E-state index contributed by atoms with van der Waals surface area (Å²) < 4.78 is 1.86. The molecule has 0 aliphatic rings. The summed E-state index contributed by atoms with van der Waals surface area (Å²) in [6.07, 6.45) is 7.99. The molecule has 5 nitrogen and oxygen atoms in total. The lowest BCUT2D eigenvalue weighted by molar-refractivity contribution is 0.104. The molecule has 0 saturated heterocycles. The lowest BCUT2D eigenvalue weighted by atomic mass is 10.2. The van der Waals surface area contributed by atoms with Crippen LogP contribution in [-0.4, -0.2) is 25.5 Å². The standard InChI is InChI=1S/C12H14N4O/c1-9(2)16-10(5-6-15-16)3-4-12(17)11-7-13-8-14-11/h3-9H,1-2H3,(H,13,14)/b4-3+. The largest absolute Gasteiger partial charge is 0.342 e. The van der Waals surface area contributed by atoms with E-state index in [0.717, 1.165) is 5.69 Å². The third kappa shape index (κ3) is 2.50. The Bertz CT molecular complexity index is 522. The fraction of sp³-hybridized carbons (Fsp3) is 0.250. The van der Waals surface area contributed by atoms with Gasteiger partial charge in [-0.1, -0.05) is 0 Å². The summed E-state index contributed by atoms with van der Waals surface area (Å²) in [5, 5.41) is 4.19. The Morgan fingerprint density at radius 1 is 1.53 bits per heavy atom. The van der Waals surface area contributed by atoms with Gasteiger partial charge in [0.15, 0.2) is 0 Å². The zero-order valence-electron chi connectivity index (χ0n) is 9.79. The second-order valence-corrected chi connectivity index (χ2v) is 3.96. The summed E-state index contributed by atoms with van der Waals surface area (Å²) in [6, 6.07) is 2.14. The molecule has 0 aliphatic heterocycles. The predicted octanol–water partition coefficient (Wildman–Crippen LogP) is 2.08. The first-order valence-corrected chi connectivity index (χ1v) is 5.43. The van der Waals surface area contributed by atoms with Crippen molar-refractivity contribution in [3.63, 3.8) is 0 Å². The number of H-pyrrole nitrogens is 1. The number of nitrogens with zero attached hydrogens (tertiary/aromatic N) is 3. The summed E-state index contributed by atoms with van der Waals surface area (Å²) in [7, 11) is 0. The van der Waals surface area contributed by atoms with Crippen molar-refractivity contribution in [2.45, 2.75) is 19.9 Å². The Hall–Kier alpha value is -2.17. The van der Waals surface area contributed by atoms with Gasteiger partial charge in [-0.05, 0) is 32.1 Å². The highest BCUT2D eigenvalue weighted by Crippen LogP contribution is 2.10. The molecule has 0 unspecified atom stereocenters. The number of aromatic amines is 1. The Kier molecular flexibility index (Phi) is 3.18. The van der Waals surface area contributed by atoms with Crippen molar-refractivity contribution in [3.8, 4) is 0 Å². The van der Waals surface area contributed by atoms with Gasteiger partial charge in [-0.2, -0.15) is 5.10 Å². The molecule has 0 fully saturated rings. The zero-order chi connectivity index (χ0) is 12.3. The molecule has 2 heterocycles. The lowest BCUT2D eigenvalue weighted by Crippen LogP contribution is -2.04. The highest BCUT2D eigenvalue weighted by atomic mass is 16.1. The number of allylic oxidation sites excluding steroid dienone is 1. The van der Waals surface area contributed by atoms with Crippen molar-refractivity contribution in [2.75, 3.05) is 0 Å². The van der Waals surface area contributed by atoms with Crippen LogP contribution >= 0.6 is 0 Å². The van der Waals surface area contributed by atoms with E-state index in [1.54, 1.807) is 12.3 Å². The van der Waals surface area contributed by atoms with E-state index >= 15 is 0 Å². The van der Waals surface area contributed by atoms with E-state index < -0.39 is 0 Å². The number of carbonyl (C=O) groups is 1. The van der Waals surface area contributed by atoms with Gasteiger partial charge in [-0.25, -0.2) is 4.98 Å². The van der Waals surface area contributed by atoms with E-state index in [2.05, 4.69) is 15.1 Å². The minimum absolute atomic E-state index is 0.0981. The van der Waals surface area contributed by atoms with Gasteiger partial charge in [0, 0.05) is 12.2 Å². The van der Waals surface area contributed by atoms with Gasteiger partial charge >= 0.3 is 0 Å². The van der Waals surface area contributed by atoms with Crippen molar-refractivity contribution >= 4 is 11.9 Å². The minimum atomic E-state index is -0.0981. The molecule has 0 amide bonds. The van der Waals surface area contributed by atoms with Crippen LogP contribution in [0.1, 0.15) is 36.1 Å². The molecule has 17 heavy (non-hydrogen) atoms. The molecule has 0 aliphatic carbocycles. The fourth-order valence-electron chi connectivity index (χ4n) is 1.53. The van der Waals surface area contributed by atoms with Crippen molar-refractivity contribution in [2.24, 2.45) is 0 Å². The summed E-state index contributed by atoms with van der Waals surface area (Å²) in [6.45, 7) is 4.09. The molecule has 0 radical (unpaired) electrons. The van der Waals surface area contributed by atoms with Crippen molar-refractivity contribution in [3.05, 3.63) is 42.3 Å². The van der Waals surface area contributed by atoms with Crippen LogP contribution in [0.4, 0.5) is 0 Å². The molecule has 2 aromatic rings. The number of imidazole rings is 1. The molecule has 0 aromatic carbocycles. The topological polar surface area (TPSA) is 63.6 Å². The van der Waals surface area contributed by atoms with Crippen LogP contribution in [0.15, 0.2) is 30.9 Å². The van der Waals surface area contributed by atoms with Crippen LogP contribution in [0.3, 0.4) is 0 Å². The van der Waals surface area contributed by atoms with E-state index in [1.165, 1.54) is 18.6 Å². The number of aromatic nitrogens is 4. The van der Waals surface area contributed by atoms with Crippen LogP contribution in [0.5, 0.6) is 0 Å². The SMILES string of the molecule is CC(C)n1nccc1/C=C/C(=O)c1cnc[nH]1. The third-order valence-electron chi connectivity index (χ3n) is 2.36. The van der Waals surface area contributed by atoms with Gasteiger partial charge < -0.3 is 4.98 Å². The third-order valence-corrected chi connectivity index (χ3v) is 2.36. The highest BCUT2D eigenvalue weighted by molar-refractivity contribution is 6.05. The average Bonchev–Trinajstić information content (AvgIpc) is 2.96. The van der Waals surface area contributed by atoms with Gasteiger partial charge in [0.05, 0.1) is 18.2 Å². The van der Waals surface area contributed by atoms with E-state index in [4.69, 9.17) is 0 Å². The Morgan fingerprint density at radius 3 is 3.00 bits per heavy atom. The van der Waals surface area contributed by atoms with Gasteiger partial charge in [0.25, 0.3) is 0 Å². The Labute approximate surface area is 99.2 Å². The molecular weight excluding hydrogens is 216 g/mol. The number of carbonyl (C=O) groups excluding carboxylic acids is 1. The number of nitrogens with one attached hydrogen (secondary N) is 1. The molecular formula is C12H14N4O. The molecule has 0 spiro atoms. The van der Waals surface area contributed by atoms with E-state index in [0.29, 0.717) is 5.69 Å². The smallest absolute Gasteiger partial charge is 0.203 e. The van der Waals surface area contributed by atoms with Crippen LogP contribution in [0, 0.1) is 0 Å². The fourth-order valence-corrected chi connectivity index (χ4v) is 1.53. The van der Waals surface area contributed by atoms with Crippen LogP contribution < -0.4 is 0 Å². The molecule has 5 heteroatoms. The predicted molar refractivity (Wildman–Crippen MR) is 64.6 cm³/mol. The maximum atomic E-state index is 11.7. The van der Waals surface area contributed by atoms with Crippen LogP contribution in [-0.2, 0) is 0 Å². The number of hydrogen-bond acceptors (Lipinski definition) is 3. The Morgan fingerprint density at radius 2 is 2.35 bits per heavy atom. The number of ketones is 1. The maximum Gasteiger partial charge on any atom is 0.203 e. The first kappa shape index (κ1) is 11.3. The monoisotopic (exact) mass is 230 g/mol. The molecule has 0 bridgehead atoms. The second kappa shape index (κ2) is 4.78. The van der Waals surface area contributed by atoms with E-state index in [-0.39, 0.29) is 11.8 Å². The summed E-state index contributed by atoms with van der Waals surface area (Å²) in [5.74, 6) is -0.0981. The molecule has 2 rings (SSSR count). The second-order valence-electron chi connectivity index (χ2n) is 3.96. The van der Waals surface area contributed by atoms with E-state index in [9.17, 15) is 4.79 Å². The zero-order valence-corrected chi connectivity index (χ0v) is 9.79. The number of rotatable bonds is 4. The van der Waals surface area contributed by atoms with Crippen LogP contribution in [0.25, 0.3) is 6.08 Å². The molecule has 0 saturated carbocycles. The normalized spacial score (nSPS) is 11.5. The van der Waals surface area contributed by atoms with Crippen molar-refractivity contribution < 1.29 is 4.79 Å². The lowest BCUT2D eigenvalue weighted by Gasteiger charge is -2.07. The van der Waals surface area contributed by atoms with Gasteiger partial charge in [-0.3, -0.25) is 9.48 Å². The summed E-state index contributed by atoms with van der Waals surface area (Å²) in [4.78, 5) is 18.3. The van der Waals surface area contributed by atoms with Gasteiger partial charge in [0.2, 0.25) is 5.78 Å². The summed E-state index contributed by atoms with van der Waals surface area (Å²) in [5.41, 5.74) is 1.39. The molecule has 88 valence electrons. The van der Waals surface area contributed by atoms with E-state index in [1.807, 2.05) is 24.6 Å². The Balaban J connectivity index is 2.15. The molecule has 2 aromatic heterocycles. The van der Waals surface area contributed by atoms with Crippen molar-refractivity contribution in [1.29, 1.82) is 0 Å². The maximum absolute atomic E-state index is 11.7. The quantitative estimate of drug-likeness (QED) is 0.646. The molecule has 1 N–H and O–H groups in total. The molecule has 0 atom stereocenters. The van der Waals surface area contributed by atoms with Crippen molar-refractivity contribution in [1.82, 2.24) is 19.7 Å². The first-order valence-electron chi connectivity index (χ1n) is 5.43. The van der Waals surface area contributed by atoms with Gasteiger partial charge in [-0.15, -0.1) is 0 Å². The van der Waals surface area contributed by atoms with Gasteiger partial charge in [0.1, 0.15) is 5.69 Å². The average molecular weight is 230 g/mol. The summed E-state index contributed by atoms with van der Waals surface area (Å²) >= 11 is 0. The number of hydrogen-bond donors (Lipinski definition) is 1. The highest BCUT2D eigenvalue weighted by Gasteiger charge is 2.05.